The first kappa shape index (κ1) is 17.1. The quantitative estimate of drug-likeness (QED) is 0.929. The normalized spacial score (nSPS) is 15.0. The molecule has 1 N–H and O–H groups in total. The van der Waals surface area contributed by atoms with E-state index in [1.54, 1.807) is 24.5 Å². The number of carbonyl (C=O) groups excluding carboxylic acids is 2. The highest BCUT2D eigenvalue weighted by Crippen LogP contribution is 2.18. The van der Waals surface area contributed by atoms with Gasteiger partial charge in [-0.15, -0.1) is 0 Å². The van der Waals surface area contributed by atoms with Crippen LogP contribution in [0.25, 0.3) is 0 Å². The van der Waals surface area contributed by atoms with Gasteiger partial charge in [0.05, 0.1) is 5.56 Å². The lowest BCUT2D eigenvalue weighted by molar-refractivity contribution is 0.0684. The first-order valence-corrected chi connectivity index (χ1v) is 8.36. The second-order valence-electron chi connectivity index (χ2n) is 6.19. The summed E-state index contributed by atoms with van der Waals surface area (Å²) in [6.07, 6.45) is 4.91. The van der Waals surface area contributed by atoms with Crippen LogP contribution in [0.15, 0.2) is 48.8 Å². The van der Waals surface area contributed by atoms with E-state index in [1.165, 1.54) is 24.3 Å². The minimum atomic E-state index is -0.359. The molecule has 0 spiro atoms. The van der Waals surface area contributed by atoms with E-state index in [1.807, 2.05) is 4.90 Å². The summed E-state index contributed by atoms with van der Waals surface area (Å²) in [5, 5.41) is 2.89. The highest BCUT2D eigenvalue weighted by atomic mass is 19.1. The van der Waals surface area contributed by atoms with Crippen LogP contribution in [0.4, 0.5) is 4.39 Å². The van der Waals surface area contributed by atoms with Crippen molar-refractivity contribution >= 4 is 11.8 Å². The highest BCUT2D eigenvalue weighted by Gasteiger charge is 2.24. The maximum atomic E-state index is 12.9. The van der Waals surface area contributed by atoms with Crippen LogP contribution in [0.1, 0.15) is 33.6 Å². The van der Waals surface area contributed by atoms with Crippen molar-refractivity contribution < 1.29 is 14.0 Å². The van der Waals surface area contributed by atoms with Crippen molar-refractivity contribution in [2.45, 2.75) is 12.8 Å². The summed E-state index contributed by atoms with van der Waals surface area (Å²) >= 11 is 0. The number of amides is 2. The van der Waals surface area contributed by atoms with Gasteiger partial charge in [-0.25, -0.2) is 4.39 Å². The minimum absolute atomic E-state index is 0.00176. The van der Waals surface area contributed by atoms with Crippen LogP contribution in [-0.2, 0) is 0 Å². The number of hydrogen-bond donors (Lipinski definition) is 1. The third kappa shape index (κ3) is 4.41. The van der Waals surface area contributed by atoms with Crippen molar-refractivity contribution in [3.8, 4) is 0 Å². The standard InChI is InChI=1S/C19H20FN3O2/c20-17-5-3-15(4-6-17)18(24)22-12-14-7-10-23(11-8-14)19(25)16-2-1-9-21-13-16/h1-6,9,13-14H,7-8,10-12H2,(H,22,24). The molecule has 1 aliphatic heterocycles. The molecule has 5 nitrogen and oxygen atoms in total. The lowest BCUT2D eigenvalue weighted by atomic mass is 9.96. The zero-order chi connectivity index (χ0) is 17.6. The Balaban J connectivity index is 1.45. The topological polar surface area (TPSA) is 62.3 Å². The zero-order valence-electron chi connectivity index (χ0n) is 13.8. The first-order valence-electron chi connectivity index (χ1n) is 8.36. The average molecular weight is 341 g/mol. The van der Waals surface area contributed by atoms with Crippen LogP contribution < -0.4 is 5.32 Å². The number of piperidine rings is 1. The van der Waals surface area contributed by atoms with E-state index in [4.69, 9.17) is 0 Å². The molecular formula is C19H20FN3O2. The molecule has 0 unspecified atom stereocenters. The van der Waals surface area contributed by atoms with Gasteiger partial charge in [-0.05, 0) is 55.2 Å². The molecule has 0 bridgehead atoms. The van der Waals surface area contributed by atoms with E-state index in [9.17, 15) is 14.0 Å². The van der Waals surface area contributed by atoms with Gasteiger partial charge in [0.25, 0.3) is 11.8 Å². The van der Waals surface area contributed by atoms with Crippen molar-refractivity contribution in [1.29, 1.82) is 0 Å². The summed E-state index contributed by atoms with van der Waals surface area (Å²) < 4.78 is 12.9. The molecular weight excluding hydrogens is 321 g/mol. The number of pyridine rings is 1. The Hall–Kier alpha value is -2.76. The number of likely N-dealkylation sites (tertiary alicyclic amines) is 1. The van der Waals surface area contributed by atoms with Crippen LogP contribution >= 0.6 is 0 Å². The van der Waals surface area contributed by atoms with E-state index < -0.39 is 0 Å². The molecule has 25 heavy (non-hydrogen) atoms. The second-order valence-corrected chi connectivity index (χ2v) is 6.19. The molecule has 1 aliphatic rings. The summed E-state index contributed by atoms with van der Waals surface area (Å²) in [7, 11) is 0. The molecule has 6 heteroatoms. The van der Waals surface area contributed by atoms with Gasteiger partial charge in [-0.1, -0.05) is 0 Å². The molecule has 130 valence electrons. The predicted octanol–water partition coefficient (Wildman–Crippen LogP) is 2.50. The lowest BCUT2D eigenvalue weighted by Gasteiger charge is -2.32. The van der Waals surface area contributed by atoms with E-state index in [0.29, 0.717) is 36.7 Å². The first-order chi connectivity index (χ1) is 12.1. The zero-order valence-corrected chi connectivity index (χ0v) is 13.8. The van der Waals surface area contributed by atoms with Crippen molar-refractivity contribution in [3.63, 3.8) is 0 Å². The summed E-state index contributed by atoms with van der Waals surface area (Å²) in [4.78, 5) is 30.2. The SMILES string of the molecule is O=C(NCC1CCN(C(=O)c2cccnc2)CC1)c1ccc(F)cc1. The average Bonchev–Trinajstić information content (AvgIpc) is 2.67. The molecule has 1 aromatic heterocycles. The second kappa shape index (κ2) is 7.88. The van der Waals surface area contributed by atoms with Crippen LogP contribution in [0, 0.1) is 11.7 Å². The maximum absolute atomic E-state index is 12.9. The molecule has 2 aromatic rings. The van der Waals surface area contributed by atoms with Crippen molar-refractivity contribution in [2.75, 3.05) is 19.6 Å². The van der Waals surface area contributed by atoms with E-state index in [-0.39, 0.29) is 17.6 Å². The van der Waals surface area contributed by atoms with Crippen LogP contribution in [0.3, 0.4) is 0 Å². The highest BCUT2D eigenvalue weighted by molar-refractivity contribution is 5.94. The number of hydrogen-bond acceptors (Lipinski definition) is 3. The minimum Gasteiger partial charge on any atom is -0.352 e. The van der Waals surface area contributed by atoms with Gasteiger partial charge in [0, 0.05) is 37.6 Å². The van der Waals surface area contributed by atoms with Gasteiger partial charge in [-0.2, -0.15) is 0 Å². The molecule has 2 amide bonds. The third-order valence-electron chi connectivity index (χ3n) is 4.47. The summed E-state index contributed by atoms with van der Waals surface area (Å²) in [6.45, 7) is 1.90. The number of aromatic nitrogens is 1. The Labute approximate surface area is 145 Å². The molecule has 1 saturated heterocycles. The van der Waals surface area contributed by atoms with E-state index >= 15 is 0 Å². The molecule has 0 saturated carbocycles. The van der Waals surface area contributed by atoms with Crippen molar-refractivity contribution in [1.82, 2.24) is 15.2 Å². The molecule has 2 heterocycles. The number of halogens is 1. The Morgan fingerprint density at radius 3 is 2.48 bits per heavy atom. The van der Waals surface area contributed by atoms with Crippen LogP contribution in [0.5, 0.6) is 0 Å². The molecule has 1 fully saturated rings. The molecule has 0 atom stereocenters. The van der Waals surface area contributed by atoms with Gasteiger partial charge in [0.15, 0.2) is 0 Å². The largest absolute Gasteiger partial charge is 0.352 e. The Morgan fingerprint density at radius 1 is 1.12 bits per heavy atom. The summed E-state index contributed by atoms with van der Waals surface area (Å²) in [5.74, 6) is -0.222. The van der Waals surface area contributed by atoms with Crippen LogP contribution in [0.2, 0.25) is 0 Å². The molecule has 1 aromatic carbocycles. The van der Waals surface area contributed by atoms with Crippen LogP contribution in [-0.4, -0.2) is 41.3 Å². The number of rotatable bonds is 4. The Bertz CT molecular complexity index is 726. The lowest BCUT2D eigenvalue weighted by Crippen LogP contribution is -2.41. The van der Waals surface area contributed by atoms with E-state index in [2.05, 4.69) is 10.3 Å². The van der Waals surface area contributed by atoms with Gasteiger partial charge < -0.3 is 10.2 Å². The fraction of sp³-hybridized carbons (Fsp3) is 0.316. The van der Waals surface area contributed by atoms with Gasteiger partial charge in [0.1, 0.15) is 5.82 Å². The van der Waals surface area contributed by atoms with Gasteiger partial charge in [-0.3, -0.25) is 14.6 Å². The van der Waals surface area contributed by atoms with Crippen molar-refractivity contribution in [3.05, 3.63) is 65.7 Å². The Morgan fingerprint density at radius 2 is 1.84 bits per heavy atom. The van der Waals surface area contributed by atoms with Gasteiger partial charge in [0.2, 0.25) is 0 Å². The Kier molecular flexibility index (Phi) is 5.38. The molecule has 0 aliphatic carbocycles. The fourth-order valence-electron chi connectivity index (χ4n) is 2.95. The summed E-state index contributed by atoms with van der Waals surface area (Å²) in [6, 6.07) is 9.02. The maximum Gasteiger partial charge on any atom is 0.255 e. The molecule has 0 radical (unpaired) electrons. The summed E-state index contributed by atoms with van der Waals surface area (Å²) in [5.41, 5.74) is 1.05. The number of benzene rings is 1. The fourth-order valence-corrected chi connectivity index (χ4v) is 2.95. The smallest absolute Gasteiger partial charge is 0.255 e. The van der Waals surface area contributed by atoms with Gasteiger partial charge >= 0.3 is 0 Å². The monoisotopic (exact) mass is 341 g/mol. The predicted molar refractivity (Wildman–Crippen MR) is 91.6 cm³/mol. The third-order valence-corrected chi connectivity index (χ3v) is 4.47. The molecule has 3 rings (SSSR count). The number of nitrogens with zero attached hydrogens (tertiary/aromatic N) is 2. The number of carbonyl (C=O) groups is 2. The van der Waals surface area contributed by atoms with Crippen molar-refractivity contribution in [2.24, 2.45) is 5.92 Å². The number of nitrogens with one attached hydrogen (secondary N) is 1. The van der Waals surface area contributed by atoms with E-state index in [0.717, 1.165) is 12.8 Å².